The van der Waals surface area contributed by atoms with Crippen LogP contribution in [0, 0.1) is 6.92 Å². The molecular formula is C29H37N7O3S. The maximum atomic E-state index is 12.9. The van der Waals surface area contributed by atoms with Crippen LogP contribution in [0.25, 0.3) is 0 Å². The SMILES string of the molecule is Cc1nn(C)cc1CNC(=O)c1cccc(C2CCN(c3nc4c(c(NC5CCOCC5)n3)[S+]([O-])CC4)CC2)c1. The maximum Gasteiger partial charge on any atom is 0.251 e. The van der Waals surface area contributed by atoms with Gasteiger partial charge in [-0.1, -0.05) is 12.1 Å². The van der Waals surface area contributed by atoms with Crippen LogP contribution in [0.3, 0.4) is 0 Å². The van der Waals surface area contributed by atoms with Crippen molar-refractivity contribution in [3.05, 3.63) is 58.5 Å². The van der Waals surface area contributed by atoms with Gasteiger partial charge in [-0.2, -0.15) is 10.1 Å². The van der Waals surface area contributed by atoms with Gasteiger partial charge in [0.2, 0.25) is 10.8 Å². The first-order valence-electron chi connectivity index (χ1n) is 14.2. The van der Waals surface area contributed by atoms with Crippen LogP contribution in [-0.4, -0.2) is 68.3 Å². The number of anilines is 2. The molecule has 5 heterocycles. The minimum Gasteiger partial charge on any atom is -0.611 e. The second kappa shape index (κ2) is 11.8. The highest BCUT2D eigenvalue weighted by molar-refractivity contribution is 7.91. The molecule has 1 aromatic carbocycles. The Morgan fingerprint density at radius 1 is 1.18 bits per heavy atom. The molecule has 0 saturated carbocycles. The van der Waals surface area contributed by atoms with Crippen LogP contribution in [0.15, 0.2) is 35.4 Å². The molecule has 0 aliphatic carbocycles. The summed E-state index contributed by atoms with van der Waals surface area (Å²) in [7, 11) is 1.88. The molecule has 1 amide bonds. The summed E-state index contributed by atoms with van der Waals surface area (Å²) in [6.45, 7) is 5.55. The molecular weight excluding hydrogens is 526 g/mol. The van der Waals surface area contributed by atoms with E-state index < -0.39 is 11.2 Å². The van der Waals surface area contributed by atoms with Crippen molar-refractivity contribution in [2.45, 2.75) is 62.4 Å². The molecule has 2 aromatic heterocycles. The van der Waals surface area contributed by atoms with Crippen LogP contribution in [0.5, 0.6) is 0 Å². The summed E-state index contributed by atoms with van der Waals surface area (Å²) < 4.78 is 20.0. The van der Waals surface area contributed by atoms with Gasteiger partial charge >= 0.3 is 0 Å². The number of amides is 1. The van der Waals surface area contributed by atoms with Crippen LogP contribution >= 0.6 is 0 Å². The second-order valence-corrected chi connectivity index (χ2v) is 12.5. The normalized spacial score (nSPS) is 20.0. The average Bonchev–Trinajstić information content (AvgIpc) is 3.52. The molecule has 2 N–H and O–H groups in total. The highest BCUT2D eigenvalue weighted by Gasteiger charge is 2.34. The predicted molar refractivity (Wildman–Crippen MR) is 154 cm³/mol. The Labute approximate surface area is 238 Å². The van der Waals surface area contributed by atoms with E-state index in [9.17, 15) is 9.35 Å². The summed E-state index contributed by atoms with van der Waals surface area (Å²) in [6.07, 6.45) is 6.42. The van der Waals surface area contributed by atoms with Gasteiger partial charge in [-0.15, -0.1) is 0 Å². The molecule has 10 nitrogen and oxygen atoms in total. The van der Waals surface area contributed by atoms with Gasteiger partial charge in [-0.3, -0.25) is 9.48 Å². The van der Waals surface area contributed by atoms with Gasteiger partial charge in [0, 0.05) is 69.7 Å². The molecule has 3 aliphatic rings. The van der Waals surface area contributed by atoms with Crippen molar-refractivity contribution in [1.29, 1.82) is 0 Å². The number of fused-ring (bicyclic) bond motifs is 1. The van der Waals surface area contributed by atoms with Gasteiger partial charge in [0.1, 0.15) is 11.4 Å². The van der Waals surface area contributed by atoms with Crippen molar-refractivity contribution in [1.82, 2.24) is 25.1 Å². The van der Waals surface area contributed by atoms with E-state index >= 15 is 0 Å². The largest absolute Gasteiger partial charge is 0.611 e. The molecule has 2 fully saturated rings. The van der Waals surface area contributed by atoms with Crippen molar-refractivity contribution >= 4 is 28.8 Å². The number of carbonyl (C=O) groups is 1. The summed E-state index contributed by atoms with van der Waals surface area (Å²) in [4.78, 5) is 25.7. The lowest BCUT2D eigenvalue weighted by Crippen LogP contribution is -2.35. The first kappa shape index (κ1) is 27.0. The monoisotopic (exact) mass is 563 g/mol. The standard InChI is InChI=1S/C29H37N7O3S/c1-19-23(18-35(2)34-19)17-30-28(37)22-5-3-4-21(16-22)20-6-11-36(12-7-20)29-32-25-10-15-40(38)26(25)27(33-29)31-24-8-13-39-14-9-24/h3-5,16,18,20,24H,6-15,17H2,1-2H3,(H,30,37)(H,31,32,33). The van der Waals surface area contributed by atoms with E-state index in [1.807, 2.05) is 38.4 Å². The molecule has 40 heavy (non-hydrogen) atoms. The van der Waals surface area contributed by atoms with E-state index in [-0.39, 0.29) is 11.9 Å². The van der Waals surface area contributed by atoms with Gasteiger partial charge in [0.15, 0.2) is 5.82 Å². The van der Waals surface area contributed by atoms with Crippen LogP contribution in [0.2, 0.25) is 0 Å². The topological polar surface area (TPSA) is 120 Å². The van der Waals surface area contributed by atoms with Crippen molar-refractivity contribution in [3.63, 3.8) is 0 Å². The van der Waals surface area contributed by atoms with Crippen LogP contribution in [0.4, 0.5) is 11.8 Å². The second-order valence-electron chi connectivity index (χ2n) is 11.0. The number of rotatable bonds is 7. The number of nitrogens with one attached hydrogen (secondary N) is 2. The quantitative estimate of drug-likeness (QED) is 0.421. The fourth-order valence-electron chi connectivity index (χ4n) is 5.90. The smallest absolute Gasteiger partial charge is 0.251 e. The number of aromatic nitrogens is 4. The number of aryl methyl sites for hydroxylation is 3. The highest BCUT2D eigenvalue weighted by atomic mass is 32.2. The molecule has 1 unspecified atom stereocenters. The average molecular weight is 564 g/mol. The molecule has 1 atom stereocenters. The summed E-state index contributed by atoms with van der Waals surface area (Å²) in [5.74, 6) is 2.38. The van der Waals surface area contributed by atoms with Gasteiger partial charge in [0.05, 0.1) is 5.69 Å². The number of carbonyl (C=O) groups excluding carboxylic acids is 1. The van der Waals surface area contributed by atoms with Gasteiger partial charge in [-0.25, -0.2) is 4.98 Å². The zero-order valence-electron chi connectivity index (χ0n) is 23.2. The Balaban J connectivity index is 1.11. The lowest BCUT2D eigenvalue weighted by Gasteiger charge is -2.33. The van der Waals surface area contributed by atoms with Crippen molar-refractivity contribution in [2.24, 2.45) is 7.05 Å². The first-order valence-corrected chi connectivity index (χ1v) is 15.5. The van der Waals surface area contributed by atoms with E-state index in [1.54, 1.807) is 4.68 Å². The number of hydrogen-bond donors (Lipinski definition) is 2. The summed E-state index contributed by atoms with van der Waals surface area (Å²) >= 11 is -1.05. The van der Waals surface area contributed by atoms with E-state index in [0.29, 0.717) is 23.8 Å². The van der Waals surface area contributed by atoms with Gasteiger partial charge in [0.25, 0.3) is 5.91 Å². The molecule has 0 radical (unpaired) electrons. The molecule has 0 bridgehead atoms. The molecule has 0 spiro atoms. The van der Waals surface area contributed by atoms with Crippen LogP contribution in [0.1, 0.15) is 64.5 Å². The van der Waals surface area contributed by atoms with E-state index in [4.69, 9.17) is 14.7 Å². The Hall–Kier alpha value is -3.15. The van der Waals surface area contributed by atoms with Crippen molar-refractivity contribution in [3.8, 4) is 0 Å². The fourth-order valence-corrected chi connectivity index (χ4v) is 7.22. The van der Waals surface area contributed by atoms with E-state index in [1.165, 1.54) is 5.56 Å². The third kappa shape index (κ3) is 5.82. The highest BCUT2D eigenvalue weighted by Crippen LogP contribution is 2.35. The van der Waals surface area contributed by atoms with Crippen molar-refractivity contribution < 1.29 is 14.1 Å². The van der Waals surface area contributed by atoms with E-state index in [0.717, 1.165) is 92.0 Å². The Morgan fingerprint density at radius 3 is 2.73 bits per heavy atom. The first-order chi connectivity index (χ1) is 19.4. The molecule has 3 aliphatic heterocycles. The summed E-state index contributed by atoms with van der Waals surface area (Å²) in [6, 6.07) is 8.29. The molecule has 2 saturated heterocycles. The number of ether oxygens (including phenoxy) is 1. The fraction of sp³-hybridized carbons (Fsp3) is 0.517. The number of hydrogen-bond acceptors (Lipinski definition) is 8. The maximum absolute atomic E-state index is 12.9. The number of piperidine rings is 1. The predicted octanol–water partition coefficient (Wildman–Crippen LogP) is 3.09. The van der Waals surface area contributed by atoms with Gasteiger partial charge < -0.3 is 24.8 Å². The van der Waals surface area contributed by atoms with Crippen LogP contribution in [-0.2, 0) is 35.9 Å². The minimum atomic E-state index is -1.05. The number of nitrogens with zero attached hydrogens (tertiary/aromatic N) is 5. The zero-order valence-corrected chi connectivity index (χ0v) is 24.0. The van der Waals surface area contributed by atoms with Gasteiger partial charge in [-0.05, 0) is 67.4 Å². The molecule has 212 valence electrons. The third-order valence-corrected chi connectivity index (χ3v) is 9.65. The number of benzene rings is 1. The lowest BCUT2D eigenvalue weighted by molar-refractivity contribution is 0.0903. The summed E-state index contributed by atoms with van der Waals surface area (Å²) in [5.41, 5.74) is 4.73. The Bertz CT molecular complexity index is 1370. The Kier molecular flexibility index (Phi) is 7.95. The minimum absolute atomic E-state index is 0.0731. The Morgan fingerprint density at radius 2 is 1.98 bits per heavy atom. The lowest BCUT2D eigenvalue weighted by atomic mass is 9.88. The third-order valence-electron chi connectivity index (χ3n) is 8.19. The molecule has 11 heteroatoms. The summed E-state index contributed by atoms with van der Waals surface area (Å²) in [5, 5.41) is 11.0. The zero-order chi connectivity index (χ0) is 27.6. The molecule has 6 rings (SSSR count). The van der Waals surface area contributed by atoms with E-state index in [2.05, 4.69) is 26.7 Å². The molecule has 3 aromatic rings. The van der Waals surface area contributed by atoms with Crippen molar-refractivity contribution in [2.75, 3.05) is 42.3 Å². The van der Waals surface area contributed by atoms with Crippen LogP contribution < -0.4 is 15.5 Å².